The van der Waals surface area contributed by atoms with Gasteiger partial charge in [0.2, 0.25) is 0 Å². The molecular weight excluding hydrogens is 198 g/mol. The highest BCUT2D eigenvalue weighted by molar-refractivity contribution is 8.13. The fourth-order valence-electron chi connectivity index (χ4n) is 1.06. The summed E-state index contributed by atoms with van der Waals surface area (Å²) in [5.41, 5.74) is 1.51. The predicted octanol–water partition coefficient (Wildman–Crippen LogP) is 2.86. The first-order valence-corrected chi connectivity index (χ1v) is 5.17. The van der Waals surface area contributed by atoms with E-state index in [1.165, 1.54) is 0 Å². The minimum Gasteiger partial charge on any atom is -0.431 e. The molecule has 0 fully saturated rings. The Balaban J connectivity index is 2.31. The van der Waals surface area contributed by atoms with Crippen LogP contribution in [-0.2, 0) is 4.79 Å². The summed E-state index contributed by atoms with van der Waals surface area (Å²) >= 11 is 1.05. The van der Waals surface area contributed by atoms with Crippen LogP contribution in [-0.4, -0.2) is 10.1 Å². The first-order chi connectivity index (χ1) is 6.79. The minimum absolute atomic E-state index is 0.0663. The Bertz CT molecular complexity index is 431. The number of oxazole rings is 1. The summed E-state index contributed by atoms with van der Waals surface area (Å²) in [7, 11) is 0. The highest BCUT2D eigenvalue weighted by Gasteiger charge is 2.09. The molecule has 4 heteroatoms. The van der Waals surface area contributed by atoms with Crippen LogP contribution in [0.25, 0.3) is 11.1 Å². The van der Waals surface area contributed by atoms with Gasteiger partial charge < -0.3 is 4.42 Å². The van der Waals surface area contributed by atoms with Gasteiger partial charge in [0.05, 0.1) is 0 Å². The van der Waals surface area contributed by atoms with Gasteiger partial charge in [-0.05, 0) is 12.1 Å². The number of hydrogen-bond donors (Lipinski definition) is 0. The molecule has 0 saturated heterocycles. The number of nitrogens with zero attached hydrogens (tertiary/aromatic N) is 1. The Morgan fingerprint density at radius 3 is 3.00 bits per heavy atom. The molecule has 14 heavy (non-hydrogen) atoms. The number of rotatable bonds is 2. The van der Waals surface area contributed by atoms with Crippen LogP contribution < -0.4 is 0 Å². The second-order valence-electron chi connectivity index (χ2n) is 2.78. The van der Waals surface area contributed by atoms with E-state index in [0.717, 1.165) is 22.9 Å². The van der Waals surface area contributed by atoms with Crippen LogP contribution in [0.15, 0.2) is 33.9 Å². The van der Waals surface area contributed by atoms with E-state index in [4.69, 9.17) is 4.42 Å². The molecule has 0 bridgehead atoms. The quantitative estimate of drug-likeness (QED) is 0.710. The molecule has 0 radical (unpaired) electrons. The number of para-hydroxylation sites is 2. The zero-order valence-electron chi connectivity index (χ0n) is 7.69. The highest BCUT2D eigenvalue weighted by atomic mass is 32.2. The highest BCUT2D eigenvalue weighted by Crippen LogP contribution is 2.24. The minimum atomic E-state index is 0.0663. The van der Waals surface area contributed by atoms with Gasteiger partial charge in [-0.3, -0.25) is 4.79 Å². The molecule has 1 aromatic carbocycles. The number of benzene rings is 1. The fraction of sp³-hybridized carbons (Fsp3) is 0.200. The van der Waals surface area contributed by atoms with Crippen molar-refractivity contribution in [2.24, 2.45) is 0 Å². The lowest BCUT2D eigenvalue weighted by atomic mass is 10.3. The van der Waals surface area contributed by atoms with E-state index < -0.39 is 0 Å². The van der Waals surface area contributed by atoms with Gasteiger partial charge in [-0.15, -0.1) is 0 Å². The average molecular weight is 207 g/mol. The average Bonchev–Trinajstić information content (AvgIpc) is 2.59. The topological polar surface area (TPSA) is 43.1 Å². The zero-order valence-corrected chi connectivity index (χ0v) is 8.50. The summed E-state index contributed by atoms with van der Waals surface area (Å²) in [6.45, 7) is 1.82. The number of thioether (sulfide) groups is 1. The van der Waals surface area contributed by atoms with Gasteiger partial charge in [0.1, 0.15) is 5.52 Å². The molecule has 2 aromatic rings. The molecule has 1 aromatic heterocycles. The first kappa shape index (κ1) is 9.27. The molecule has 3 nitrogen and oxygen atoms in total. The van der Waals surface area contributed by atoms with E-state index in [1.54, 1.807) is 0 Å². The summed E-state index contributed by atoms with van der Waals surface area (Å²) in [6.07, 6.45) is 0.489. The second kappa shape index (κ2) is 3.84. The Hall–Kier alpha value is -1.29. The van der Waals surface area contributed by atoms with Crippen molar-refractivity contribution in [1.29, 1.82) is 0 Å². The van der Waals surface area contributed by atoms with Gasteiger partial charge in [0, 0.05) is 18.2 Å². The van der Waals surface area contributed by atoms with Gasteiger partial charge >= 0.3 is 0 Å². The molecule has 0 atom stereocenters. The Morgan fingerprint density at radius 1 is 1.50 bits per heavy atom. The lowest BCUT2D eigenvalue weighted by Gasteiger charge is -1.88. The molecule has 0 saturated carbocycles. The number of fused-ring (bicyclic) bond motifs is 1. The molecular formula is C10H9NO2S. The third-order valence-electron chi connectivity index (χ3n) is 1.76. The van der Waals surface area contributed by atoms with Crippen molar-refractivity contribution >= 4 is 28.0 Å². The number of hydrogen-bond acceptors (Lipinski definition) is 4. The fourth-order valence-corrected chi connectivity index (χ4v) is 1.68. The lowest BCUT2D eigenvalue weighted by molar-refractivity contribution is -0.110. The molecule has 0 unspecified atom stereocenters. The van der Waals surface area contributed by atoms with Crippen molar-refractivity contribution in [2.45, 2.75) is 18.6 Å². The standard InChI is InChI=1S/C10H9NO2S/c1-2-9(12)14-10-11-7-5-3-4-6-8(7)13-10/h3-6H,2H2,1H3. The molecule has 1 heterocycles. The van der Waals surface area contributed by atoms with Crippen molar-refractivity contribution in [1.82, 2.24) is 4.98 Å². The van der Waals surface area contributed by atoms with Gasteiger partial charge in [-0.1, -0.05) is 19.1 Å². The molecule has 72 valence electrons. The van der Waals surface area contributed by atoms with Gasteiger partial charge in [0.15, 0.2) is 10.7 Å². The molecule has 0 aliphatic rings. The maximum Gasteiger partial charge on any atom is 0.264 e. The second-order valence-corrected chi connectivity index (χ2v) is 3.78. The third-order valence-corrected chi connectivity index (χ3v) is 2.63. The molecule has 0 aliphatic heterocycles. The van der Waals surface area contributed by atoms with Crippen LogP contribution in [0.3, 0.4) is 0 Å². The van der Waals surface area contributed by atoms with E-state index in [1.807, 2.05) is 31.2 Å². The predicted molar refractivity (Wildman–Crippen MR) is 55.2 cm³/mol. The Morgan fingerprint density at radius 2 is 2.29 bits per heavy atom. The van der Waals surface area contributed by atoms with Crippen LogP contribution >= 0.6 is 11.8 Å². The van der Waals surface area contributed by atoms with Gasteiger partial charge in [-0.25, -0.2) is 4.98 Å². The van der Waals surface area contributed by atoms with Gasteiger partial charge in [0.25, 0.3) is 5.22 Å². The summed E-state index contributed by atoms with van der Waals surface area (Å²) < 4.78 is 5.37. The summed E-state index contributed by atoms with van der Waals surface area (Å²) in [6, 6.07) is 7.46. The van der Waals surface area contributed by atoms with Crippen molar-refractivity contribution in [3.8, 4) is 0 Å². The molecule has 0 amide bonds. The molecule has 0 aliphatic carbocycles. The number of carbonyl (C=O) groups excluding carboxylic acids is 1. The number of aromatic nitrogens is 1. The van der Waals surface area contributed by atoms with Crippen molar-refractivity contribution in [3.63, 3.8) is 0 Å². The van der Waals surface area contributed by atoms with Crippen LogP contribution in [0.5, 0.6) is 0 Å². The van der Waals surface area contributed by atoms with Gasteiger partial charge in [-0.2, -0.15) is 0 Å². The maximum absolute atomic E-state index is 11.1. The van der Waals surface area contributed by atoms with E-state index in [-0.39, 0.29) is 5.12 Å². The van der Waals surface area contributed by atoms with Crippen LogP contribution in [0.1, 0.15) is 13.3 Å². The van der Waals surface area contributed by atoms with E-state index >= 15 is 0 Å². The van der Waals surface area contributed by atoms with Crippen LogP contribution in [0, 0.1) is 0 Å². The van der Waals surface area contributed by atoms with Crippen molar-refractivity contribution in [3.05, 3.63) is 24.3 Å². The maximum atomic E-state index is 11.1. The molecule has 0 spiro atoms. The monoisotopic (exact) mass is 207 g/mol. The Kier molecular flexibility index (Phi) is 2.54. The smallest absolute Gasteiger partial charge is 0.264 e. The third kappa shape index (κ3) is 1.80. The largest absolute Gasteiger partial charge is 0.431 e. The van der Waals surface area contributed by atoms with Crippen molar-refractivity contribution in [2.75, 3.05) is 0 Å². The summed E-state index contributed by atoms with van der Waals surface area (Å²) in [5, 5.41) is 0.495. The molecule has 0 N–H and O–H groups in total. The number of carbonyl (C=O) groups is 1. The van der Waals surface area contributed by atoms with Crippen LogP contribution in [0.2, 0.25) is 0 Å². The Labute approximate surface area is 85.5 Å². The zero-order chi connectivity index (χ0) is 9.97. The van der Waals surface area contributed by atoms with Crippen LogP contribution in [0.4, 0.5) is 0 Å². The van der Waals surface area contributed by atoms with Crippen molar-refractivity contribution < 1.29 is 9.21 Å². The molecule has 2 rings (SSSR count). The van der Waals surface area contributed by atoms with E-state index in [0.29, 0.717) is 11.6 Å². The summed E-state index contributed by atoms with van der Waals surface area (Å²) in [4.78, 5) is 15.3. The van der Waals surface area contributed by atoms with E-state index in [9.17, 15) is 4.79 Å². The van der Waals surface area contributed by atoms with E-state index in [2.05, 4.69) is 4.98 Å². The summed E-state index contributed by atoms with van der Waals surface area (Å²) in [5.74, 6) is 0. The lowest BCUT2D eigenvalue weighted by Crippen LogP contribution is -1.85. The SMILES string of the molecule is CCC(=O)Sc1nc2ccccc2o1. The normalized spacial score (nSPS) is 10.6. The first-order valence-electron chi connectivity index (χ1n) is 4.36.